The minimum atomic E-state index is -0.275. The molecule has 3 aromatic rings. The number of rotatable bonds is 2. The Morgan fingerprint density at radius 2 is 2.05 bits per heavy atom. The van der Waals surface area contributed by atoms with Crippen molar-refractivity contribution in [2.45, 2.75) is 6.92 Å². The van der Waals surface area contributed by atoms with Crippen LogP contribution in [0.2, 0.25) is 5.02 Å². The van der Waals surface area contributed by atoms with Crippen LogP contribution >= 0.6 is 23.8 Å². The molecule has 0 atom stereocenters. The lowest BCUT2D eigenvalue weighted by atomic mass is 10.2. The van der Waals surface area contributed by atoms with Gasteiger partial charge in [0.15, 0.2) is 4.77 Å². The topological polar surface area (TPSA) is 29.9 Å². The number of ether oxygens (including phenoxy) is 1. The first-order valence-corrected chi connectivity index (χ1v) is 7.04. The summed E-state index contributed by atoms with van der Waals surface area (Å²) in [5.74, 6) is 0.395. The van der Waals surface area contributed by atoms with Crippen LogP contribution < -0.4 is 4.74 Å². The van der Waals surface area contributed by atoms with E-state index in [2.05, 4.69) is 4.98 Å². The molecule has 0 saturated carbocycles. The second kappa shape index (κ2) is 5.16. The maximum Gasteiger partial charge on any atom is 0.182 e. The van der Waals surface area contributed by atoms with Gasteiger partial charge in [0, 0.05) is 6.07 Å². The van der Waals surface area contributed by atoms with Crippen molar-refractivity contribution in [1.82, 2.24) is 9.55 Å². The van der Waals surface area contributed by atoms with Gasteiger partial charge in [0.05, 0.1) is 28.9 Å². The molecule has 0 bridgehead atoms. The van der Waals surface area contributed by atoms with Gasteiger partial charge in [-0.15, -0.1) is 0 Å². The van der Waals surface area contributed by atoms with E-state index < -0.39 is 0 Å². The second-order valence-electron chi connectivity index (χ2n) is 4.70. The van der Waals surface area contributed by atoms with Gasteiger partial charge in [0.25, 0.3) is 0 Å². The quantitative estimate of drug-likeness (QED) is 0.687. The Morgan fingerprint density at radius 3 is 2.76 bits per heavy atom. The number of aromatic amines is 1. The number of hydrogen-bond donors (Lipinski definition) is 1. The van der Waals surface area contributed by atoms with E-state index in [4.69, 9.17) is 28.6 Å². The molecule has 0 aliphatic rings. The first-order valence-electron chi connectivity index (χ1n) is 6.26. The van der Waals surface area contributed by atoms with Crippen LogP contribution in [0.1, 0.15) is 5.56 Å². The summed E-state index contributed by atoms with van der Waals surface area (Å²) in [6.45, 7) is 1.71. The molecule has 3 nitrogen and oxygen atoms in total. The molecule has 0 saturated heterocycles. The van der Waals surface area contributed by atoms with Crippen molar-refractivity contribution in [3.8, 4) is 11.4 Å². The lowest BCUT2D eigenvalue weighted by molar-refractivity contribution is 0.414. The number of imidazole rings is 1. The van der Waals surface area contributed by atoms with Gasteiger partial charge in [0.1, 0.15) is 11.6 Å². The van der Waals surface area contributed by atoms with Gasteiger partial charge in [0.2, 0.25) is 0 Å². The number of nitrogens with one attached hydrogen (secondary N) is 1. The summed E-state index contributed by atoms with van der Waals surface area (Å²) in [4.78, 5) is 3.00. The Balaban J connectivity index is 2.37. The van der Waals surface area contributed by atoms with Gasteiger partial charge in [-0.2, -0.15) is 0 Å². The van der Waals surface area contributed by atoms with Crippen LogP contribution in [-0.2, 0) is 0 Å². The van der Waals surface area contributed by atoms with Gasteiger partial charge in [-0.25, -0.2) is 4.39 Å². The van der Waals surface area contributed by atoms with Gasteiger partial charge in [-0.05, 0) is 49.0 Å². The van der Waals surface area contributed by atoms with Crippen LogP contribution in [0.25, 0.3) is 16.7 Å². The fourth-order valence-electron chi connectivity index (χ4n) is 2.26. The Morgan fingerprint density at radius 1 is 1.29 bits per heavy atom. The van der Waals surface area contributed by atoms with Crippen molar-refractivity contribution in [1.29, 1.82) is 0 Å². The van der Waals surface area contributed by atoms with Gasteiger partial charge in [-0.3, -0.25) is 4.57 Å². The van der Waals surface area contributed by atoms with Crippen LogP contribution in [-0.4, -0.2) is 16.7 Å². The molecular weight excluding hydrogens is 311 g/mol. The maximum atomic E-state index is 13.7. The number of benzene rings is 2. The minimum Gasteiger partial charge on any atom is -0.497 e. The van der Waals surface area contributed by atoms with Crippen molar-refractivity contribution in [2.24, 2.45) is 0 Å². The van der Waals surface area contributed by atoms with E-state index in [1.165, 1.54) is 6.07 Å². The Hall–Kier alpha value is -1.85. The summed E-state index contributed by atoms with van der Waals surface area (Å²) in [5.41, 5.74) is 2.64. The average molecular weight is 323 g/mol. The van der Waals surface area contributed by atoms with E-state index in [-0.39, 0.29) is 5.82 Å². The van der Waals surface area contributed by atoms with Crippen LogP contribution in [0, 0.1) is 17.5 Å². The number of aryl methyl sites for hydroxylation is 1. The summed E-state index contributed by atoms with van der Waals surface area (Å²) in [7, 11) is 1.58. The summed E-state index contributed by atoms with van der Waals surface area (Å²) in [5, 5.41) is 0.537. The zero-order valence-electron chi connectivity index (χ0n) is 11.4. The van der Waals surface area contributed by atoms with Gasteiger partial charge < -0.3 is 9.72 Å². The van der Waals surface area contributed by atoms with Crippen molar-refractivity contribution >= 4 is 34.9 Å². The number of fused-ring (bicyclic) bond motifs is 1. The molecule has 1 aromatic heterocycles. The molecule has 6 heteroatoms. The van der Waals surface area contributed by atoms with Gasteiger partial charge in [-0.1, -0.05) is 11.6 Å². The summed E-state index contributed by atoms with van der Waals surface area (Å²) >= 11 is 11.6. The van der Waals surface area contributed by atoms with E-state index in [0.717, 1.165) is 5.52 Å². The second-order valence-corrected chi connectivity index (χ2v) is 5.50. The number of halogens is 2. The fraction of sp³-hybridized carbons (Fsp3) is 0.133. The largest absolute Gasteiger partial charge is 0.497 e. The predicted octanol–water partition coefficient (Wildman–Crippen LogP) is 4.80. The van der Waals surface area contributed by atoms with Crippen molar-refractivity contribution in [3.63, 3.8) is 0 Å². The predicted molar refractivity (Wildman–Crippen MR) is 84.7 cm³/mol. The lowest BCUT2D eigenvalue weighted by Crippen LogP contribution is -1.97. The number of nitrogens with zero attached hydrogens (tertiary/aromatic N) is 1. The highest BCUT2D eigenvalue weighted by atomic mass is 35.5. The molecule has 0 aliphatic heterocycles. The molecular formula is C15H12ClFN2OS. The molecule has 0 spiro atoms. The van der Waals surface area contributed by atoms with Crippen molar-refractivity contribution in [3.05, 3.63) is 51.5 Å². The zero-order chi connectivity index (χ0) is 15.1. The smallest absolute Gasteiger partial charge is 0.182 e. The maximum absolute atomic E-state index is 13.7. The highest BCUT2D eigenvalue weighted by Crippen LogP contribution is 2.29. The molecule has 108 valence electrons. The molecule has 0 aliphatic carbocycles. The molecule has 3 rings (SSSR count). The normalized spacial score (nSPS) is 11.0. The van der Waals surface area contributed by atoms with Crippen LogP contribution in [0.15, 0.2) is 30.3 Å². The van der Waals surface area contributed by atoms with Crippen LogP contribution in [0.3, 0.4) is 0 Å². The SMILES string of the molecule is COc1ccc(Cl)c(-n2c(=S)[nH]c3cc(F)c(C)cc32)c1. The summed E-state index contributed by atoms with van der Waals surface area (Å²) < 4.78 is 21.1. The molecule has 2 aromatic carbocycles. The molecule has 0 fully saturated rings. The van der Waals surface area contributed by atoms with Crippen LogP contribution in [0.5, 0.6) is 5.75 Å². The molecule has 21 heavy (non-hydrogen) atoms. The Labute approximate surface area is 130 Å². The van der Waals surface area contributed by atoms with E-state index in [1.54, 1.807) is 42.9 Å². The number of methoxy groups -OCH3 is 1. The summed E-state index contributed by atoms with van der Waals surface area (Å²) in [6.07, 6.45) is 0. The standard InChI is InChI=1S/C15H12ClFN2OS/c1-8-5-14-12(7-11(8)17)18-15(21)19(14)13-6-9(20-2)3-4-10(13)16/h3-7H,1-2H3,(H,18,21). The van der Waals surface area contributed by atoms with Crippen LogP contribution in [0.4, 0.5) is 4.39 Å². The third-order valence-electron chi connectivity index (χ3n) is 3.36. The molecule has 1 N–H and O–H groups in total. The molecule has 0 radical (unpaired) electrons. The third kappa shape index (κ3) is 2.32. The van der Waals surface area contributed by atoms with E-state index in [9.17, 15) is 4.39 Å². The zero-order valence-corrected chi connectivity index (χ0v) is 13.0. The van der Waals surface area contributed by atoms with E-state index in [0.29, 0.717) is 32.3 Å². The molecule has 0 amide bonds. The highest BCUT2D eigenvalue weighted by molar-refractivity contribution is 7.71. The number of aromatic nitrogens is 2. The number of hydrogen-bond acceptors (Lipinski definition) is 2. The lowest BCUT2D eigenvalue weighted by Gasteiger charge is -2.09. The first kappa shape index (κ1) is 14.1. The fourth-order valence-corrected chi connectivity index (χ4v) is 2.77. The van der Waals surface area contributed by atoms with Crippen molar-refractivity contribution in [2.75, 3.05) is 7.11 Å². The van der Waals surface area contributed by atoms with Gasteiger partial charge >= 0.3 is 0 Å². The minimum absolute atomic E-state index is 0.275. The molecule has 1 heterocycles. The highest BCUT2D eigenvalue weighted by Gasteiger charge is 2.13. The Kier molecular flexibility index (Phi) is 3.47. The van der Waals surface area contributed by atoms with E-state index >= 15 is 0 Å². The Bertz CT molecular complexity index is 901. The monoisotopic (exact) mass is 322 g/mol. The third-order valence-corrected chi connectivity index (χ3v) is 3.96. The molecule has 0 unspecified atom stereocenters. The summed E-state index contributed by atoms with van der Waals surface area (Å²) in [6, 6.07) is 8.49. The van der Waals surface area contributed by atoms with E-state index in [1.807, 2.05) is 0 Å². The van der Waals surface area contributed by atoms with Crippen molar-refractivity contribution < 1.29 is 9.13 Å². The first-order chi connectivity index (χ1) is 10.0. The number of H-pyrrole nitrogens is 1. The average Bonchev–Trinajstić information content (AvgIpc) is 2.75.